The van der Waals surface area contributed by atoms with Gasteiger partial charge in [-0.1, -0.05) is 0 Å². The van der Waals surface area contributed by atoms with Gasteiger partial charge in [-0.25, -0.2) is 17.2 Å². The third-order valence-electron chi connectivity index (χ3n) is 2.68. The van der Waals surface area contributed by atoms with Gasteiger partial charge >= 0.3 is 0 Å². The number of hydrogen-bond donors (Lipinski definition) is 1. The van der Waals surface area contributed by atoms with Crippen molar-refractivity contribution in [2.75, 3.05) is 26.0 Å². The van der Waals surface area contributed by atoms with E-state index in [4.69, 9.17) is 10.5 Å². The number of halogens is 2. The van der Waals surface area contributed by atoms with E-state index in [1.54, 1.807) is 13.8 Å². The Balaban J connectivity index is 3.34. The van der Waals surface area contributed by atoms with Crippen molar-refractivity contribution >= 4 is 15.7 Å². The van der Waals surface area contributed by atoms with E-state index in [-0.39, 0.29) is 18.8 Å². The van der Waals surface area contributed by atoms with Gasteiger partial charge < -0.3 is 10.5 Å². The molecule has 0 aromatic heterocycles. The highest BCUT2D eigenvalue weighted by atomic mass is 32.2. The van der Waals surface area contributed by atoms with Crippen molar-refractivity contribution in [1.82, 2.24) is 4.31 Å². The first-order chi connectivity index (χ1) is 9.21. The average Bonchev–Trinajstić information content (AvgIpc) is 2.26. The van der Waals surface area contributed by atoms with Gasteiger partial charge in [0.1, 0.15) is 11.6 Å². The van der Waals surface area contributed by atoms with E-state index in [9.17, 15) is 17.2 Å². The molecule has 0 aliphatic heterocycles. The van der Waals surface area contributed by atoms with Gasteiger partial charge in [-0.15, -0.1) is 0 Å². The van der Waals surface area contributed by atoms with Crippen molar-refractivity contribution in [2.45, 2.75) is 24.8 Å². The number of anilines is 1. The summed E-state index contributed by atoms with van der Waals surface area (Å²) in [6, 6.07) is 1.10. The lowest BCUT2D eigenvalue weighted by molar-refractivity contribution is 0.170. The van der Waals surface area contributed by atoms with Crippen molar-refractivity contribution in [3.05, 3.63) is 23.8 Å². The maximum atomic E-state index is 13.8. The van der Waals surface area contributed by atoms with E-state index in [0.29, 0.717) is 0 Å². The molecule has 1 aromatic rings. The second-order valence-corrected chi connectivity index (χ2v) is 6.34. The first kappa shape index (κ1) is 16.8. The molecule has 1 rings (SSSR count). The van der Waals surface area contributed by atoms with Crippen molar-refractivity contribution in [3.8, 4) is 0 Å². The zero-order valence-corrected chi connectivity index (χ0v) is 12.4. The summed E-state index contributed by atoms with van der Waals surface area (Å²) in [5.74, 6) is -2.41. The highest BCUT2D eigenvalue weighted by Crippen LogP contribution is 2.26. The van der Waals surface area contributed by atoms with Crippen LogP contribution >= 0.6 is 0 Å². The number of nitrogens with two attached hydrogens (primary N) is 1. The van der Waals surface area contributed by atoms with Crippen LogP contribution in [-0.4, -0.2) is 39.0 Å². The molecule has 0 aliphatic rings. The van der Waals surface area contributed by atoms with Crippen LogP contribution in [0.5, 0.6) is 0 Å². The van der Waals surface area contributed by atoms with Gasteiger partial charge in [-0.2, -0.15) is 4.31 Å². The molecule has 2 N–H and O–H groups in total. The van der Waals surface area contributed by atoms with Gasteiger partial charge in [0.05, 0.1) is 6.61 Å². The number of methoxy groups -OCH3 is 1. The fraction of sp³-hybridized carbons (Fsp3) is 0.500. The molecule has 0 atom stereocenters. The van der Waals surface area contributed by atoms with Crippen LogP contribution < -0.4 is 5.73 Å². The maximum Gasteiger partial charge on any atom is 0.249 e. The quantitative estimate of drug-likeness (QED) is 0.810. The van der Waals surface area contributed by atoms with Crippen LogP contribution in [0.25, 0.3) is 0 Å². The number of benzene rings is 1. The molecule has 0 aliphatic carbocycles. The van der Waals surface area contributed by atoms with Crippen LogP contribution in [0.15, 0.2) is 17.0 Å². The molecule has 5 nitrogen and oxygen atoms in total. The Morgan fingerprint density at radius 2 is 1.80 bits per heavy atom. The first-order valence-electron chi connectivity index (χ1n) is 5.97. The van der Waals surface area contributed by atoms with Crippen LogP contribution in [-0.2, 0) is 14.8 Å². The topological polar surface area (TPSA) is 72.6 Å². The van der Waals surface area contributed by atoms with Gasteiger partial charge in [0, 0.05) is 25.4 Å². The number of nitrogens with zero attached hydrogens (tertiary/aromatic N) is 1. The van der Waals surface area contributed by atoms with Crippen LogP contribution in [0.4, 0.5) is 14.5 Å². The monoisotopic (exact) mass is 308 g/mol. The molecule has 0 unspecified atom stereocenters. The Bertz CT molecular complexity index is 553. The highest BCUT2D eigenvalue weighted by Gasteiger charge is 2.32. The maximum absolute atomic E-state index is 13.8. The minimum Gasteiger partial charge on any atom is -0.399 e. The van der Waals surface area contributed by atoms with Gasteiger partial charge in [-0.05, 0) is 26.0 Å². The molecule has 114 valence electrons. The summed E-state index contributed by atoms with van der Waals surface area (Å²) < 4.78 is 58.2. The Hall–Kier alpha value is -1.25. The minimum atomic E-state index is -4.30. The lowest BCUT2D eigenvalue weighted by Crippen LogP contribution is -2.40. The third-order valence-corrected chi connectivity index (χ3v) is 4.81. The standard InChI is InChI=1S/C12H18F2N2O3S/c1-8(2)16(4-5-19-3)20(17,18)12-10(13)6-9(15)7-11(12)14/h6-8H,4-5,15H2,1-3H3. The van der Waals surface area contributed by atoms with Crippen LogP contribution in [0.2, 0.25) is 0 Å². The van der Waals surface area contributed by atoms with Crippen molar-refractivity contribution < 1.29 is 21.9 Å². The second-order valence-electron chi connectivity index (χ2n) is 4.52. The normalized spacial score (nSPS) is 12.3. The molecule has 0 amide bonds. The Labute approximate surface area is 117 Å². The van der Waals surface area contributed by atoms with Crippen LogP contribution in [0.1, 0.15) is 13.8 Å². The molecular formula is C12H18F2N2O3S. The Morgan fingerprint density at radius 3 is 2.20 bits per heavy atom. The molecule has 20 heavy (non-hydrogen) atoms. The van der Waals surface area contributed by atoms with Gasteiger partial charge in [0.2, 0.25) is 10.0 Å². The zero-order chi connectivity index (χ0) is 15.5. The predicted molar refractivity (Wildman–Crippen MR) is 71.7 cm³/mol. The smallest absolute Gasteiger partial charge is 0.249 e. The van der Waals surface area contributed by atoms with E-state index >= 15 is 0 Å². The van der Waals surface area contributed by atoms with E-state index in [1.807, 2.05) is 0 Å². The molecule has 0 saturated heterocycles. The Morgan fingerprint density at radius 1 is 1.30 bits per heavy atom. The van der Waals surface area contributed by atoms with Crippen LogP contribution in [0, 0.1) is 11.6 Å². The summed E-state index contributed by atoms with van der Waals surface area (Å²) in [7, 11) is -2.89. The predicted octanol–water partition coefficient (Wildman–Crippen LogP) is 1.59. The van der Waals surface area contributed by atoms with E-state index in [1.165, 1.54) is 7.11 Å². The van der Waals surface area contributed by atoms with Gasteiger partial charge in [0.25, 0.3) is 0 Å². The Kier molecular flexibility index (Phi) is 5.43. The number of nitrogen functional groups attached to an aromatic ring is 1. The lowest BCUT2D eigenvalue weighted by Gasteiger charge is -2.26. The summed E-state index contributed by atoms with van der Waals surface area (Å²) in [5, 5.41) is 0. The van der Waals surface area contributed by atoms with E-state index < -0.39 is 32.6 Å². The van der Waals surface area contributed by atoms with E-state index in [0.717, 1.165) is 16.4 Å². The zero-order valence-electron chi connectivity index (χ0n) is 11.6. The molecule has 0 saturated carbocycles. The summed E-state index contributed by atoms with van der Waals surface area (Å²) >= 11 is 0. The van der Waals surface area contributed by atoms with Crippen molar-refractivity contribution in [3.63, 3.8) is 0 Å². The number of ether oxygens (including phenoxy) is 1. The largest absolute Gasteiger partial charge is 0.399 e. The SMILES string of the molecule is COCCN(C(C)C)S(=O)(=O)c1c(F)cc(N)cc1F. The van der Waals surface area contributed by atoms with Crippen molar-refractivity contribution in [2.24, 2.45) is 0 Å². The average molecular weight is 308 g/mol. The summed E-state index contributed by atoms with van der Waals surface area (Å²) in [6.45, 7) is 3.34. The molecule has 1 aromatic carbocycles. The number of rotatable bonds is 6. The fourth-order valence-corrected chi connectivity index (χ4v) is 3.50. The fourth-order valence-electron chi connectivity index (χ4n) is 1.78. The molecule has 0 bridgehead atoms. The summed E-state index contributed by atoms with van der Waals surface area (Å²) in [5.41, 5.74) is 5.11. The molecule has 0 heterocycles. The first-order valence-corrected chi connectivity index (χ1v) is 7.41. The number of hydrogen-bond acceptors (Lipinski definition) is 4. The molecule has 0 radical (unpaired) electrons. The number of sulfonamides is 1. The second kappa shape index (κ2) is 6.47. The minimum absolute atomic E-state index is 0.000242. The molecule has 0 spiro atoms. The molecule has 8 heteroatoms. The lowest BCUT2D eigenvalue weighted by atomic mass is 10.3. The van der Waals surface area contributed by atoms with Gasteiger partial charge in [-0.3, -0.25) is 0 Å². The molecule has 0 fully saturated rings. The summed E-state index contributed by atoms with van der Waals surface area (Å²) in [6.07, 6.45) is 0. The molecular weight excluding hydrogens is 290 g/mol. The van der Waals surface area contributed by atoms with Gasteiger partial charge in [0.15, 0.2) is 4.90 Å². The van der Waals surface area contributed by atoms with Crippen molar-refractivity contribution in [1.29, 1.82) is 0 Å². The van der Waals surface area contributed by atoms with E-state index in [2.05, 4.69) is 0 Å². The summed E-state index contributed by atoms with van der Waals surface area (Å²) in [4.78, 5) is -0.989. The highest BCUT2D eigenvalue weighted by molar-refractivity contribution is 7.89. The third kappa shape index (κ3) is 3.44. The van der Waals surface area contributed by atoms with Crippen LogP contribution in [0.3, 0.4) is 0 Å².